The van der Waals surface area contributed by atoms with Crippen molar-refractivity contribution < 1.29 is 57.0 Å². The van der Waals surface area contributed by atoms with Crippen LogP contribution in [0.5, 0.6) is 5.75 Å². The second-order valence-corrected chi connectivity index (χ2v) is 19.4. The molecule has 28 heteroatoms. The van der Waals surface area contributed by atoms with Crippen LogP contribution in [0, 0.1) is 0 Å². The van der Waals surface area contributed by atoms with Crippen molar-refractivity contribution in [2.45, 2.75) is 19.6 Å². The minimum absolute atomic E-state index is 0. The second kappa shape index (κ2) is 22.1. The van der Waals surface area contributed by atoms with Gasteiger partial charge >= 0.3 is 0 Å². The largest absolute Gasteiger partial charge is 0.505 e. The van der Waals surface area contributed by atoms with Crippen molar-refractivity contribution >= 4 is 242 Å². The molecule has 8 aromatic rings. The first kappa shape index (κ1) is 57.4. The third-order valence-electron chi connectivity index (χ3n) is 9.73. The molecule has 0 aliphatic rings. The zero-order chi connectivity index (χ0) is 45.9. The van der Waals surface area contributed by atoms with Crippen LogP contribution < -0.4 is 5.73 Å². The van der Waals surface area contributed by atoms with Gasteiger partial charge in [0.2, 0.25) is 0 Å². The minimum atomic E-state index is -4.99. The Bertz CT molecular complexity index is 3910. The molecule has 0 amide bonds. The van der Waals surface area contributed by atoms with Crippen LogP contribution in [0.1, 0.15) is 0 Å². The number of benzene rings is 8. The van der Waals surface area contributed by atoms with Crippen molar-refractivity contribution in [3.63, 3.8) is 0 Å². The SMILES string of the molecule is Nc1ccc2c(O)c(N=Nc3ccc(N=Nc4ccc(N=Nc5cc(S(=O)(=O)O)c6cccc(S(=O)(=O)O)c6c5)c5ccccc45)c4ccc(S(=O)(=O)O)cc34)c(S(=O)(=O)O)cc2c1.[Na].[Na].[Na].[Na]. The molecular weight excluding hydrogens is 1010 g/mol. The molecule has 4 radical (unpaired) electrons. The smallest absolute Gasteiger partial charge is 0.296 e. The van der Waals surface area contributed by atoms with E-state index in [1.54, 1.807) is 24.3 Å². The van der Waals surface area contributed by atoms with Gasteiger partial charge in [0.1, 0.15) is 20.4 Å². The molecule has 8 rings (SSSR count). The monoisotopic (exact) mass is 1030 g/mol. The Hall–Kier alpha value is -3.16. The van der Waals surface area contributed by atoms with Gasteiger partial charge in [0.25, 0.3) is 40.5 Å². The van der Waals surface area contributed by atoms with Crippen molar-refractivity contribution in [1.82, 2.24) is 0 Å². The first-order valence-corrected chi connectivity index (χ1v) is 23.7. The van der Waals surface area contributed by atoms with Gasteiger partial charge in [0.05, 0.1) is 33.3 Å². The van der Waals surface area contributed by atoms with E-state index >= 15 is 0 Å². The molecule has 0 bridgehead atoms. The predicted octanol–water partition coefficient (Wildman–Crippen LogP) is 8.30. The zero-order valence-corrected chi connectivity index (χ0v) is 47.2. The molecule has 328 valence electrons. The van der Waals surface area contributed by atoms with E-state index in [0.717, 1.165) is 30.3 Å². The number of hydrogen-bond donors (Lipinski definition) is 6. The summed E-state index contributed by atoms with van der Waals surface area (Å²) in [6.07, 6.45) is 0. The first-order valence-electron chi connectivity index (χ1n) is 17.9. The fourth-order valence-corrected chi connectivity index (χ4v) is 9.45. The summed E-state index contributed by atoms with van der Waals surface area (Å²) in [5.74, 6) is -0.656. The summed E-state index contributed by atoms with van der Waals surface area (Å²) in [5.41, 5.74) is 5.84. The van der Waals surface area contributed by atoms with E-state index < -0.39 is 71.5 Å². The normalized spacial score (nSPS) is 12.4. The zero-order valence-electron chi connectivity index (χ0n) is 35.9. The maximum Gasteiger partial charge on any atom is 0.296 e. The molecule has 0 aliphatic carbocycles. The summed E-state index contributed by atoms with van der Waals surface area (Å²) < 4.78 is 138. The van der Waals surface area contributed by atoms with Crippen LogP contribution >= 0.6 is 0 Å². The van der Waals surface area contributed by atoms with Crippen LogP contribution in [0.15, 0.2) is 172 Å². The quantitative estimate of drug-likeness (QED) is 0.0325. The summed E-state index contributed by atoms with van der Waals surface area (Å²) >= 11 is 0. The van der Waals surface area contributed by atoms with Crippen LogP contribution in [0.3, 0.4) is 0 Å². The number of azo groups is 3. The third kappa shape index (κ3) is 12.1. The molecule has 0 saturated heterocycles. The number of nitrogens with two attached hydrogens (primary N) is 1. The molecule has 0 unspecified atom stereocenters. The van der Waals surface area contributed by atoms with Gasteiger partial charge in [0.15, 0.2) is 5.75 Å². The maximum absolute atomic E-state index is 12.4. The van der Waals surface area contributed by atoms with Crippen molar-refractivity contribution in [3.05, 3.63) is 121 Å². The van der Waals surface area contributed by atoms with E-state index in [9.17, 15) is 57.0 Å². The Kier molecular flexibility index (Phi) is 18.6. The molecule has 0 atom stereocenters. The Labute approximate surface area is 475 Å². The fourth-order valence-electron chi connectivity index (χ4n) is 6.86. The van der Waals surface area contributed by atoms with Gasteiger partial charge in [-0.05, 0) is 84.2 Å². The van der Waals surface area contributed by atoms with E-state index in [2.05, 4.69) is 30.7 Å². The fraction of sp³-hybridized carbons (Fsp3) is 0. The van der Waals surface area contributed by atoms with E-state index in [-0.39, 0.29) is 179 Å². The first-order chi connectivity index (χ1) is 30.1. The molecule has 0 aliphatic heterocycles. The Morgan fingerprint density at radius 1 is 0.382 bits per heavy atom. The van der Waals surface area contributed by atoms with Gasteiger partial charge in [-0.25, -0.2) is 0 Å². The molecule has 0 aromatic heterocycles. The van der Waals surface area contributed by atoms with Gasteiger partial charge < -0.3 is 10.8 Å². The molecule has 7 N–H and O–H groups in total. The second-order valence-electron chi connectivity index (χ2n) is 13.8. The Morgan fingerprint density at radius 2 is 0.868 bits per heavy atom. The third-order valence-corrected chi connectivity index (χ3v) is 13.2. The van der Waals surface area contributed by atoms with Crippen molar-refractivity contribution in [2.24, 2.45) is 30.7 Å². The summed E-state index contributed by atoms with van der Waals surface area (Å²) in [4.78, 5) is -2.64. The Morgan fingerprint density at radius 3 is 1.41 bits per heavy atom. The summed E-state index contributed by atoms with van der Waals surface area (Å²) in [6, 6.07) is 26.9. The summed E-state index contributed by atoms with van der Waals surface area (Å²) in [5, 5.41) is 37.4. The molecular formula is C40H27N7Na4O13S4. The van der Waals surface area contributed by atoms with Gasteiger partial charge in [-0.1, -0.05) is 42.5 Å². The van der Waals surface area contributed by atoms with Crippen LogP contribution in [0.2, 0.25) is 0 Å². The average molecular weight is 1030 g/mol. The summed E-state index contributed by atoms with van der Waals surface area (Å²) in [6.45, 7) is 0. The molecule has 20 nitrogen and oxygen atoms in total. The number of anilines is 1. The standard InChI is InChI=1S/C40H27N7O13S4.4Na/c41-22-8-10-25-21(16-22)17-38(64(58,59)60)39(40(25)48)47-46-35-15-14-34(28-11-9-24(20-30(28)35)61(49,50)51)45-44-33-13-12-32(26-4-1-2-5-27(26)33)43-42-23-18-31-29(37(19-23)63(55,56)57)6-3-7-36(31)62(52,53)54;;;;/h1-20,48H,41H2,(H,49,50,51)(H,52,53,54)(H,55,56,57)(H,58,59,60);;;;. The van der Waals surface area contributed by atoms with Gasteiger partial charge in [-0.3, -0.25) is 18.2 Å². The number of rotatable bonds is 10. The maximum atomic E-state index is 12.4. The Balaban J connectivity index is 0.00000252. The number of aromatic hydroxyl groups is 1. The number of fused-ring (bicyclic) bond motifs is 4. The molecule has 0 spiro atoms. The number of nitrogens with zero attached hydrogens (tertiary/aromatic N) is 6. The van der Waals surface area contributed by atoms with Crippen molar-refractivity contribution in [2.75, 3.05) is 5.73 Å². The van der Waals surface area contributed by atoms with Crippen LogP contribution in [0.4, 0.5) is 39.8 Å². The molecule has 0 fully saturated rings. The van der Waals surface area contributed by atoms with Gasteiger partial charge in [0, 0.05) is 162 Å². The number of phenolic OH excluding ortho intramolecular Hbond substituents is 1. The van der Waals surface area contributed by atoms with Crippen molar-refractivity contribution in [1.29, 1.82) is 0 Å². The van der Waals surface area contributed by atoms with Crippen LogP contribution in [0.25, 0.3) is 43.1 Å². The number of hydrogen-bond acceptors (Lipinski definition) is 16. The predicted molar refractivity (Wildman–Crippen MR) is 257 cm³/mol. The number of nitrogen functional groups attached to an aromatic ring is 1. The van der Waals surface area contributed by atoms with E-state index in [0.29, 0.717) is 16.5 Å². The molecule has 0 heterocycles. The van der Waals surface area contributed by atoms with Crippen LogP contribution in [-0.4, -0.2) is 175 Å². The van der Waals surface area contributed by atoms with Crippen molar-refractivity contribution in [3.8, 4) is 5.75 Å². The molecule has 0 saturated carbocycles. The van der Waals surface area contributed by atoms with Gasteiger partial charge in [-0.2, -0.15) is 38.8 Å². The molecule has 68 heavy (non-hydrogen) atoms. The van der Waals surface area contributed by atoms with E-state index in [1.165, 1.54) is 66.7 Å². The minimum Gasteiger partial charge on any atom is -0.505 e. The van der Waals surface area contributed by atoms with Crippen LogP contribution in [-0.2, 0) is 40.5 Å². The van der Waals surface area contributed by atoms with E-state index in [1.807, 2.05) is 0 Å². The van der Waals surface area contributed by atoms with E-state index in [4.69, 9.17) is 5.73 Å². The number of phenols is 1. The topological polar surface area (TPSA) is 338 Å². The summed E-state index contributed by atoms with van der Waals surface area (Å²) in [7, 11) is -19.5. The average Bonchev–Trinajstić information content (AvgIpc) is 3.22. The molecule has 8 aromatic carbocycles. The van der Waals surface area contributed by atoms with Gasteiger partial charge in [-0.15, -0.1) is 25.6 Å².